The second-order valence-electron chi connectivity index (χ2n) is 7.22. The highest BCUT2D eigenvalue weighted by Crippen LogP contribution is 2.38. The molecule has 1 saturated heterocycles. The molecule has 1 aromatic rings. The van der Waals surface area contributed by atoms with Crippen LogP contribution in [0.1, 0.15) is 50.4 Å². The first-order valence-electron chi connectivity index (χ1n) is 7.95. The molecule has 0 radical (unpaired) electrons. The van der Waals surface area contributed by atoms with Gasteiger partial charge in [0.05, 0.1) is 5.60 Å². The fourth-order valence-corrected chi connectivity index (χ4v) is 2.96. The van der Waals surface area contributed by atoms with Crippen LogP contribution in [0.3, 0.4) is 0 Å². The number of hydrogen-bond acceptors (Lipinski definition) is 3. The number of carbonyl (C=O) groups is 1. The van der Waals surface area contributed by atoms with Gasteiger partial charge in [-0.1, -0.05) is 13.8 Å². The zero-order valence-corrected chi connectivity index (χ0v) is 13.7. The number of Topliss-reactive ketones (excluding diaryl/α,β-unsaturated/α-hetero) is 1. The van der Waals surface area contributed by atoms with Crippen molar-refractivity contribution in [2.75, 3.05) is 19.6 Å². The zero-order chi connectivity index (χ0) is 16.4. The van der Waals surface area contributed by atoms with Crippen molar-refractivity contribution in [3.8, 4) is 0 Å². The lowest BCUT2D eigenvalue weighted by atomic mass is 9.71. The number of hydrogen-bond donors (Lipinski definition) is 1. The molecule has 0 aliphatic carbocycles. The van der Waals surface area contributed by atoms with Crippen LogP contribution < -0.4 is 0 Å². The summed E-state index contributed by atoms with van der Waals surface area (Å²) in [6, 6.07) is 5.72. The van der Waals surface area contributed by atoms with Crippen molar-refractivity contribution in [3.05, 3.63) is 35.6 Å². The Hall–Kier alpha value is -1.26. The minimum atomic E-state index is -0.632. The molecule has 0 aromatic heterocycles. The van der Waals surface area contributed by atoms with Crippen LogP contribution >= 0.6 is 0 Å². The van der Waals surface area contributed by atoms with Crippen LogP contribution in [0.4, 0.5) is 4.39 Å². The van der Waals surface area contributed by atoms with Gasteiger partial charge in [0, 0.05) is 30.5 Å². The van der Waals surface area contributed by atoms with Crippen LogP contribution in [0.5, 0.6) is 0 Å². The fraction of sp³-hybridized carbons (Fsp3) is 0.611. The number of halogens is 1. The third kappa shape index (κ3) is 3.93. The summed E-state index contributed by atoms with van der Waals surface area (Å²) in [5, 5.41) is 10.4. The number of piperidine rings is 1. The first-order chi connectivity index (χ1) is 10.2. The van der Waals surface area contributed by atoms with Crippen LogP contribution in [-0.2, 0) is 0 Å². The second-order valence-corrected chi connectivity index (χ2v) is 7.22. The maximum absolute atomic E-state index is 12.8. The molecule has 22 heavy (non-hydrogen) atoms. The smallest absolute Gasteiger partial charge is 0.162 e. The van der Waals surface area contributed by atoms with Gasteiger partial charge in [0.25, 0.3) is 0 Å². The molecule has 0 spiro atoms. The summed E-state index contributed by atoms with van der Waals surface area (Å²) in [7, 11) is 0. The number of likely N-dealkylation sites (tertiary alicyclic amines) is 1. The lowest BCUT2D eigenvalue weighted by Gasteiger charge is -2.48. The quantitative estimate of drug-likeness (QED) is 0.849. The fourth-order valence-electron chi connectivity index (χ4n) is 2.96. The minimum Gasteiger partial charge on any atom is -0.390 e. The lowest BCUT2D eigenvalue weighted by molar-refractivity contribution is -0.105. The van der Waals surface area contributed by atoms with Crippen molar-refractivity contribution in [2.24, 2.45) is 5.41 Å². The summed E-state index contributed by atoms with van der Waals surface area (Å²) >= 11 is 0. The number of carbonyl (C=O) groups excluding carboxylic acids is 1. The molecule has 122 valence electrons. The van der Waals surface area contributed by atoms with Gasteiger partial charge in [0.15, 0.2) is 5.78 Å². The van der Waals surface area contributed by atoms with E-state index in [0.29, 0.717) is 12.0 Å². The van der Waals surface area contributed by atoms with E-state index in [1.165, 1.54) is 12.1 Å². The Morgan fingerprint density at radius 1 is 1.27 bits per heavy atom. The van der Waals surface area contributed by atoms with E-state index in [-0.39, 0.29) is 17.0 Å². The van der Waals surface area contributed by atoms with Crippen LogP contribution in [-0.4, -0.2) is 41.0 Å². The Balaban J connectivity index is 1.80. The average molecular weight is 307 g/mol. The van der Waals surface area contributed by atoms with Crippen LogP contribution in [0.25, 0.3) is 0 Å². The normalized spacial score (nSPS) is 25.1. The third-order valence-electron chi connectivity index (χ3n) is 5.04. The van der Waals surface area contributed by atoms with Gasteiger partial charge in [-0.25, -0.2) is 4.39 Å². The topological polar surface area (TPSA) is 40.5 Å². The molecule has 4 heteroatoms. The standard InChI is InChI=1S/C18H26FNO2/c1-17(2)13-20(12-10-18(17,3)22)11-4-5-16(21)14-6-8-15(19)9-7-14/h6-9,22H,4-5,10-13H2,1-3H3/t18-/m0/s1. The highest BCUT2D eigenvalue weighted by atomic mass is 19.1. The molecule has 1 fully saturated rings. The van der Waals surface area contributed by atoms with Gasteiger partial charge in [-0.15, -0.1) is 0 Å². The van der Waals surface area contributed by atoms with E-state index >= 15 is 0 Å². The predicted octanol–water partition coefficient (Wildman–Crippen LogP) is 3.27. The summed E-state index contributed by atoms with van der Waals surface area (Å²) in [5.74, 6) is -0.262. The van der Waals surface area contributed by atoms with E-state index in [1.807, 2.05) is 6.92 Å². The van der Waals surface area contributed by atoms with Gasteiger partial charge in [-0.2, -0.15) is 0 Å². The molecule has 1 aliphatic rings. The molecule has 0 saturated carbocycles. The Morgan fingerprint density at radius 2 is 1.91 bits per heavy atom. The Kier molecular flexibility index (Phi) is 5.03. The monoisotopic (exact) mass is 307 g/mol. The van der Waals surface area contributed by atoms with Gasteiger partial charge < -0.3 is 10.0 Å². The third-order valence-corrected chi connectivity index (χ3v) is 5.04. The number of nitrogens with zero attached hydrogens (tertiary/aromatic N) is 1. The zero-order valence-electron chi connectivity index (χ0n) is 13.7. The van der Waals surface area contributed by atoms with E-state index < -0.39 is 5.60 Å². The number of ketones is 1. The molecule has 1 aliphatic heterocycles. The Bertz CT molecular complexity index is 522. The van der Waals surface area contributed by atoms with Crippen molar-refractivity contribution in [1.82, 2.24) is 4.90 Å². The summed E-state index contributed by atoms with van der Waals surface area (Å²) in [6.07, 6.45) is 2.01. The molecule has 0 unspecified atom stereocenters. The molecule has 2 rings (SSSR count). The largest absolute Gasteiger partial charge is 0.390 e. The van der Waals surface area contributed by atoms with E-state index in [9.17, 15) is 14.3 Å². The van der Waals surface area contributed by atoms with Crippen molar-refractivity contribution in [2.45, 2.75) is 45.6 Å². The number of benzene rings is 1. The molecule has 3 nitrogen and oxygen atoms in total. The summed E-state index contributed by atoms with van der Waals surface area (Å²) < 4.78 is 12.8. The first kappa shape index (κ1) is 17.1. The second kappa shape index (κ2) is 6.47. The first-order valence-corrected chi connectivity index (χ1v) is 7.95. The van der Waals surface area contributed by atoms with Gasteiger partial charge in [0.2, 0.25) is 0 Å². The summed E-state index contributed by atoms with van der Waals surface area (Å²) in [5.41, 5.74) is -0.206. The van der Waals surface area contributed by atoms with Crippen LogP contribution in [0, 0.1) is 11.2 Å². The Morgan fingerprint density at radius 3 is 2.50 bits per heavy atom. The molecule has 0 bridgehead atoms. The molecular formula is C18H26FNO2. The molecule has 0 amide bonds. The lowest BCUT2D eigenvalue weighted by Crippen LogP contribution is -2.55. The van der Waals surface area contributed by atoms with Crippen LogP contribution in [0.2, 0.25) is 0 Å². The maximum Gasteiger partial charge on any atom is 0.162 e. The highest BCUT2D eigenvalue weighted by Gasteiger charge is 2.43. The number of aliphatic hydroxyl groups is 1. The van der Waals surface area contributed by atoms with Gasteiger partial charge in [-0.05, 0) is 50.6 Å². The number of rotatable bonds is 5. The van der Waals surface area contributed by atoms with Gasteiger partial charge in [-0.3, -0.25) is 4.79 Å². The minimum absolute atomic E-state index is 0.0586. The van der Waals surface area contributed by atoms with E-state index in [0.717, 1.165) is 32.5 Å². The average Bonchev–Trinajstić information content (AvgIpc) is 2.43. The predicted molar refractivity (Wildman–Crippen MR) is 85.4 cm³/mol. The van der Waals surface area contributed by atoms with Gasteiger partial charge >= 0.3 is 0 Å². The summed E-state index contributed by atoms with van der Waals surface area (Å²) in [6.45, 7) is 8.63. The molecular weight excluding hydrogens is 281 g/mol. The molecule has 1 aromatic carbocycles. The van der Waals surface area contributed by atoms with Crippen molar-refractivity contribution in [3.63, 3.8) is 0 Å². The van der Waals surface area contributed by atoms with Crippen molar-refractivity contribution in [1.29, 1.82) is 0 Å². The maximum atomic E-state index is 12.8. The molecule has 1 atom stereocenters. The highest BCUT2D eigenvalue weighted by molar-refractivity contribution is 5.95. The Labute approximate surface area is 132 Å². The summed E-state index contributed by atoms with van der Waals surface area (Å²) in [4.78, 5) is 14.4. The van der Waals surface area contributed by atoms with E-state index in [4.69, 9.17) is 0 Å². The molecule has 1 N–H and O–H groups in total. The van der Waals surface area contributed by atoms with Crippen molar-refractivity contribution >= 4 is 5.78 Å². The van der Waals surface area contributed by atoms with E-state index in [2.05, 4.69) is 18.7 Å². The van der Waals surface area contributed by atoms with E-state index in [1.54, 1.807) is 12.1 Å². The van der Waals surface area contributed by atoms with Crippen LogP contribution in [0.15, 0.2) is 24.3 Å². The van der Waals surface area contributed by atoms with Gasteiger partial charge in [0.1, 0.15) is 5.82 Å². The molecule has 1 heterocycles. The SMILES string of the molecule is CC1(C)CN(CCCC(=O)c2ccc(F)cc2)CC[C@]1(C)O. The van der Waals surface area contributed by atoms with Crippen molar-refractivity contribution < 1.29 is 14.3 Å².